The number of hydrogen-bond acceptors (Lipinski definition) is 2. The van der Waals surface area contributed by atoms with Crippen molar-refractivity contribution in [3.8, 4) is 0 Å². The Morgan fingerprint density at radius 2 is 1.40 bits per heavy atom. The van der Waals surface area contributed by atoms with Crippen molar-refractivity contribution in [1.82, 2.24) is 5.32 Å². The van der Waals surface area contributed by atoms with Crippen molar-refractivity contribution in [2.45, 2.75) is 72.4 Å². The topological polar surface area (TPSA) is 32.3 Å². The van der Waals surface area contributed by atoms with Crippen LogP contribution in [0.25, 0.3) is 0 Å². The van der Waals surface area contributed by atoms with Crippen molar-refractivity contribution in [3.63, 3.8) is 0 Å². The average molecular weight is 215 g/mol. The minimum absolute atomic E-state index is 0.142. The van der Waals surface area contributed by atoms with Crippen LogP contribution >= 0.6 is 0 Å². The highest BCUT2D eigenvalue weighted by Gasteiger charge is 2.25. The Morgan fingerprint density at radius 1 is 0.933 bits per heavy atom. The smallest absolute Gasteiger partial charge is 0.0603 e. The predicted octanol–water partition coefficient (Wildman–Crippen LogP) is 2.95. The van der Waals surface area contributed by atoms with Gasteiger partial charge in [0.05, 0.1) is 5.60 Å². The molecule has 2 N–H and O–H groups in total. The fraction of sp³-hybridized carbons (Fsp3) is 1.00. The molecule has 0 aliphatic heterocycles. The lowest BCUT2D eigenvalue weighted by Crippen LogP contribution is -2.44. The first-order chi connectivity index (χ1) is 6.41. The Bertz CT molecular complexity index is 184. The third-order valence-electron chi connectivity index (χ3n) is 2.31. The maximum absolute atomic E-state index is 9.61. The largest absolute Gasteiger partial charge is 0.390 e. The lowest BCUT2D eigenvalue weighted by Gasteiger charge is -2.34. The SMILES string of the molecule is CC(C)(C)CC(C)(C)NCCC(C)(C)O. The molecule has 0 rings (SSSR count). The van der Waals surface area contributed by atoms with E-state index in [1.54, 1.807) is 0 Å². The summed E-state index contributed by atoms with van der Waals surface area (Å²) in [4.78, 5) is 0. The van der Waals surface area contributed by atoms with Crippen molar-refractivity contribution in [3.05, 3.63) is 0 Å². The molecular weight excluding hydrogens is 186 g/mol. The van der Waals surface area contributed by atoms with Crippen molar-refractivity contribution in [1.29, 1.82) is 0 Å². The van der Waals surface area contributed by atoms with E-state index in [2.05, 4.69) is 39.9 Å². The first-order valence-electron chi connectivity index (χ1n) is 5.89. The second kappa shape index (κ2) is 4.84. The monoisotopic (exact) mass is 215 g/mol. The third kappa shape index (κ3) is 10.2. The first kappa shape index (κ1) is 14.9. The average Bonchev–Trinajstić information content (AvgIpc) is 1.75. The van der Waals surface area contributed by atoms with E-state index in [0.717, 1.165) is 19.4 Å². The fourth-order valence-corrected chi connectivity index (χ4v) is 2.10. The van der Waals surface area contributed by atoms with Crippen LogP contribution in [0.1, 0.15) is 61.3 Å². The van der Waals surface area contributed by atoms with Gasteiger partial charge in [-0.05, 0) is 52.5 Å². The summed E-state index contributed by atoms with van der Waals surface area (Å²) in [5.74, 6) is 0. The molecule has 15 heavy (non-hydrogen) atoms. The lowest BCUT2D eigenvalue weighted by atomic mass is 9.81. The summed E-state index contributed by atoms with van der Waals surface area (Å²) in [6, 6.07) is 0. The van der Waals surface area contributed by atoms with Gasteiger partial charge in [0, 0.05) is 5.54 Å². The van der Waals surface area contributed by atoms with Crippen molar-refractivity contribution in [2.75, 3.05) is 6.54 Å². The van der Waals surface area contributed by atoms with E-state index in [4.69, 9.17) is 0 Å². The molecule has 0 fully saturated rings. The van der Waals surface area contributed by atoms with Crippen LogP contribution in [0.15, 0.2) is 0 Å². The second-order valence-electron chi connectivity index (χ2n) is 7.11. The van der Waals surface area contributed by atoms with Crippen molar-refractivity contribution >= 4 is 0 Å². The van der Waals surface area contributed by atoms with Gasteiger partial charge < -0.3 is 10.4 Å². The van der Waals surface area contributed by atoms with Gasteiger partial charge in [0.1, 0.15) is 0 Å². The minimum Gasteiger partial charge on any atom is -0.390 e. The molecule has 0 unspecified atom stereocenters. The van der Waals surface area contributed by atoms with Gasteiger partial charge >= 0.3 is 0 Å². The van der Waals surface area contributed by atoms with E-state index >= 15 is 0 Å². The van der Waals surface area contributed by atoms with Crippen LogP contribution in [0.4, 0.5) is 0 Å². The van der Waals surface area contributed by atoms with Crippen LogP contribution in [0.5, 0.6) is 0 Å². The molecule has 0 atom stereocenters. The molecular formula is C13H29NO. The van der Waals surface area contributed by atoms with Crippen LogP contribution in [-0.2, 0) is 0 Å². The third-order valence-corrected chi connectivity index (χ3v) is 2.31. The lowest BCUT2D eigenvalue weighted by molar-refractivity contribution is 0.0679. The van der Waals surface area contributed by atoms with E-state index in [1.165, 1.54) is 0 Å². The van der Waals surface area contributed by atoms with Gasteiger partial charge in [-0.25, -0.2) is 0 Å². The van der Waals surface area contributed by atoms with Crippen LogP contribution in [0.2, 0.25) is 0 Å². The predicted molar refractivity (Wildman–Crippen MR) is 67.1 cm³/mol. The number of nitrogens with one attached hydrogen (secondary N) is 1. The summed E-state index contributed by atoms with van der Waals surface area (Å²) in [5, 5.41) is 13.1. The maximum Gasteiger partial charge on any atom is 0.0603 e. The summed E-state index contributed by atoms with van der Waals surface area (Å²) in [6.45, 7) is 15.8. The summed E-state index contributed by atoms with van der Waals surface area (Å²) in [5.41, 5.74) is -0.0838. The van der Waals surface area contributed by atoms with Gasteiger partial charge in [0.2, 0.25) is 0 Å². The zero-order valence-corrected chi connectivity index (χ0v) is 11.6. The molecule has 92 valence electrons. The van der Waals surface area contributed by atoms with Gasteiger partial charge in [0.15, 0.2) is 0 Å². The van der Waals surface area contributed by atoms with Crippen LogP contribution in [0, 0.1) is 5.41 Å². The molecule has 0 bridgehead atoms. The molecule has 0 amide bonds. The summed E-state index contributed by atoms with van der Waals surface area (Å²) >= 11 is 0. The zero-order chi connectivity index (χ0) is 12.3. The molecule has 0 spiro atoms. The van der Waals surface area contributed by atoms with Crippen molar-refractivity contribution < 1.29 is 5.11 Å². The summed E-state index contributed by atoms with van der Waals surface area (Å²) < 4.78 is 0. The molecule has 0 saturated heterocycles. The summed E-state index contributed by atoms with van der Waals surface area (Å²) in [7, 11) is 0. The zero-order valence-electron chi connectivity index (χ0n) is 11.6. The number of hydrogen-bond donors (Lipinski definition) is 2. The van der Waals surface area contributed by atoms with E-state index in [0.29, 0.717) is 5.41 Å². The maximum atomic E-state index is 9.61. The molecule has 0 aromatic carbocycles. The van der Waals surface area contributed by atoms with Crippen LogP contribution in [0.3, 0.4) is 0 Å². The van der Waals surface area contributed by atoms with E-state index in [1.807, 2.05) is 13.8 Å². The van der Waals surface area contributed by atoms with Crippen LogP contribution < -0.4 is 5.32 Å². The van der Waals surface area contributed by atoms with E-state index < -0.39 is 5.60 Å². The van der Waals surface area contributed by atoms with Gasteiger partial charge in [-0.3, -0.25) is 0 Å². The molecule has 0 radical (unpaired) electrons. The Hall–Kier alpha value is -0.0800. The molecule has 0 aliphatic rings. The van der Waals surface area contributed by atoms with Crippen LogP contribution in [-0.4, -0.2) is 22.8 Å². The minimum atomic E-state index is -0.565. The quantitative estimate of drug-likeness (QED) is 0.739. The Kier molecular flexibility index (Phi) is 4.81. The fourth-order valence-electron chi connectivity index (χ4n) is 2.10. The molecule has 0 aromatic heterocycles. The van der Waals surface area contributed by atoms with Gasteiger partial charge in [-0.2, -0.15) is 0 Å². The first-order valence-corrected chi connectivity index (χ1v) is 5.89. The molecule has 0 heterocycles. The van der Waals surface area contributed by atoms with Crippen molar-refractivity contribution in [2.24, 2.45) is 5.41 Å². The van der Waals surface area contributed by atoms with Gasteiger partial charge in [-0.15, -0.1) is 0 Å². The van der Waals surface area contributed by atoms with Gasteiger partial charge in [-0.1, -0.05) is 20.8 Å². The normalized spacial score (nSPS) is 14.4. The number of rotatable bonds is 5. The summed E-state index contributed by atoms with van der Waals surface area (Å²) in [6.07, 6.45) is 1.92. The molecule has 0 aromatic rings. The molecule has 0 aliphatic carbocycles. The Morgan fingerprint density at radius 3 is 1.73 bits per heavy atom. The standard InChI is InChI=1S/C13H29NO/c1-11(2,3)10-12(4,5)14-9-8-13(6,7)15/h14-15H,8-10H2,1-7H3. The van der Waals surface area contributed by atoms with Gasteiger partial charge in [0.25, 0.3) is 0 Å². The van der Waals surface area contributed by atoms with E-state index in [9.17, 15) is 5.11 Å². The molecule has 2 nitrogen and oxygen atoms in total. The highest BCUT2D eigenvalue weighted by molar-refractivity contribution is 4.83. The Balaban J connectivity index is 3.95. The highest BCUT2D eigenvalue weighted by Crippen LogP contribution is 2.26. The van der Waals surface area contributed by atoms with E-state index in [-0.39, 0.29) is 5.54 Å². The Labute approximate surface area is 95.5 Å². The highest BCUT2D eigenvalue weighted by atomic mass is 16.3. The number of aliphatic hydroxyl groups is 1. The molecule has 2 heteroatoms. The second-order valence-corrected chi connectivity index (χ2v) is 7.11. The molecule has 0 saturated carbocycles.